The first-order valence-corrected chi connectivity index (χ1v) is 9.02. The van der Waals surface area contributed by atoms with Gasteiger partial charge in [-0.15, -0.1) is 0 Å². The van der Waals surface area contributed by atoms with E-state index in [0.29, 0.717) is 33.0 Å². The topological polar surface area (TPSA) is 109 Å². The van der Waals surface area contributed by atoms with Gasteiger partial charge in [-0.2, -0.15) is 5.26 Å². The first kappa shape index (κ1) is 18.5. The summed E-state index contributed by atoms with van der Waals surface area (Å²) < 4.78 is 0. The Morgan fingerprint density at radius 1 is 1.07 bits per heavy atom. The van der Waals surface area contributed by atoms with Crippen LogP contribution in [-0.2, 0) is 0 Å². The lowest BCUT2D eigenvalue weighted by Crippen LogP contribution is -2.02. The fourth-order valence-electron chi connectivity index (χ4n) is 2.60. The highest BCUT2D eigenvalue weighted by atomic mass is 32.2. The van der Waals surface area contributed by atoms with Crippen molar-refractivity contribution in [3.05, 3.63) is 94.8 Å². The molecular formula is C21H18N4OS. The number of hydrogen-bond donors (Lipinski definition) is 3. The number of nitrogens with zero attached hydrogens (tertiary/aromatic N) is 2. The average Bonchev–Trinajstić information content (AvgIpc) is 2.70. The van der Waals surface area contributed by atoms with Gasteiger partial charge in [0.1, 0.15) is 12.2 Å². The lowest BCUT2D eigenvalue weighted by molar-refractivity contribution is 0.220. The van der Waals surface area contributed by atoms with E-state index in [4.69, 9.17) is 11.5 Å². The van der Waals surface area contributed by atoms with Gasteiger partial charge in [-0.3, -0.25) is 4.98 Å². The fourth-order valence-corrected chi connectivity index (χ4v) is 3.43. The zero-order chi connectivity index (χ0) is 19.2. The van der Waals surface area contributed by atoms with Gasteiger partial charge in [-0.05, 0) is 35.4 Å². The van der Waals surface area contributed by atoms with Crippen molar-refractivity contribution in [3.8, 4) is 6.07 Å². The second kappa shape index (κ2) is 8.41. The predicted octanol–water partition coefficient (Wildman–Crippen LogP) is 3.69. The number of benzene rings is 2. The number of nitrogens with two attached hydrogens (primary N) is 2. The number of nitrogen functional groups attached to an aromatic ring is 1. The molecule has 0 aliphatic heterocycles. The van der Waals surface area contributed by atoms with Crippen LogP contribution in [0, 0.1) is 11.3 Å². The average molecular weight is 374 g/mol. The molecule has 0 spiro atoms. The Morgan fingerprint density at radius 2 is 1.85 bits per heavy atom. The number of allylic oxidation sites excluding steroid dienone is 1. The smallest absolute Gasteiger partial charge is 0.106 e. The zero-order valence-corrected chi connectivity index (χ0v) is 15.2. The number of aliphatic hydroxyl groups is 1. The molecule has 3 rings (SSSR count). The minimum atomic E-state index is -0.836. The van der Waals surface area contributed by atoms with Gasteiger partial charge in [0.05, 0.1) is 10.6 Å². The van der Waals surface area contributed by atoms with Crippen LogP contribution in [0.3, 0.4) is 0 Å². The molecule has 5 nitrogen and oxygen atoms in total. The number of rotatable bonds is 5. The molecular weight excluding hydrogens is 356 g/mol. The van der Waals surface area contributed by atoms with Crippen molar-refractivity contribution < 1.29 is 5.11 Å². The van der Waals surface area contributed by atoms with Crippen molar-refractivity contribution in [2.24, 2.45) is 5.73 Å². The summed E-state index contributed by atoms with van der Waals surface area (Å²) in [7, 11) is 0. The third-order valence-corrected chi connectivity index (χ3v) is 5.00. The molecule has 2 aromatic carbocycles. The quantitative estimate of drug-likeness (QED) is 0.357. The lowest BCUT2D eigenvalue weighted by atomic mass is 9.98. The Labute approximate surface area is 162 Å². The van der Waals surface area contributed by atoms with Gasteiger partial charge < -0.3 is 16.6 Å². The number of para-hydroxylation sites is 1. The molecule has 3 aromatic rings. The summed E-state index contributed by atoms with van der Waals surface area (Å²) in [5.74, 6) is 0. The molecule has 1 unspecified atom stereocenters. The number of aromatic nitrogens is 1. The van der Waals surface area contributed by atoms with Crippen LogP contribution in [0.1, 0.15) is 22.8 Å². The third-order valence-electron chi connectivity index (χ3n) is 3.99. The lowest BCUT2D eigenvalue weighted by Gasteiger charge is -2.13. The Kier molecular flexibility index (Phi) is 5.77. The van der Waals surface area contributed by atoms with Gasteiger partial charge in [-0.1, -0.05) is 48.2 Å². The van der Waals surface area contributed by atoms with Crippen molar-refractivity contribution in [3.63, 3.8) is 0 Å². The highest BCUT2D eigenvalue weighted by Gasteiger charge is 2.14. The van der Waals surface area contributed by atoms with E-state index in [2.05, 4.69) is 11.1 Å². The molecule has 0 amide bonds. The second-order valence-corrected chi connectivity index (χ2v) is 6.89. The fraction of sp³-hybridized carbons (Fsp3) is 0.0476. The van der Waals surface area contributed by atoms with E-state index in [1.54, 1.807) is 54.9 Å². The van der Waals surface area contributed by atoms with Crippen LogP contribution in [0.5, 0.6) is 0 Å². The summed E-state index contributed by atoms with van der Waals surface area (Å²) in [5.41, 5.74) is 15.1. The second-order valence-electron chi connectivity index (χ2n) is 5.81. The number of anilines is 1. The zero-order valence-electron chi connectivity index (χ0n) is 14.4. The van der Waals surface area contributed by atoms with Gasteiger partial charge in [0.25, 0.3) is 0 Å². The minimum absolute atomic E-state index is 0.337. The molecule has 0 bridgehead atoms. The summed E-state index contributed by atoms with van der Waals surface area (Å²) >= 11 is 1.25. The molecule has 0 saturated carbocycles. The molecule has 6 heteroatoms. The van der Waals surface area contributed by atoms with Crippen molar-refractivity contribution >= 4 is 23.0 Å². The first-order chi connectivity index (χ1) is 13.1. The number of aliphatic hydroxyl groups excluding tert-OH is 1. The first-order valence-electron chi connectivity index (χ1n) is 8.20. The maximum absolute atomic E-state index is 10.6. The Hall–Kier alpha value is -3.27. The van der Waals surface area contributed by atoms with E-state index in [9.17, 15) is 10.4 Å². The Balaban J connectivity index is 1.94. The van der Waals surface area contributed by atoms with Gasteiger partial charge in [0.2, 0.25) is 0 Å². The summed E-state index contributed by atoms with van der Waals surface area (Å²) in [6.07, 6.45) is 2.43. The van der Waals surface area contributed by atoms with Gasteiger partial charge >= 0.3 is 0 Å². The van der Waals surface area contributed by atoms with Gasteiger partial charge in [-0.25, -0.2) is 0 Å². The molecule has 1 atom stereocenters. The third kappa shape index (κ3) is 4.29. The van der Waals surface area contributed by atoms with E-state index in [0.717, 1.165) is 4.90 Å². The van der Waals surface area contributed by atoms with Crippen LogP contribution in [0.15, 0.2) is 83.0 Å². The molecule has 0 aliphatic carbocycles. The van der Waals surface area contributed by atoms with Crippen LogP contribution in [0.25, 0.3) is 5.57 Å². The van der Waals surface area contributed by atoms with Crippen LogP contribution >= 0.6 is 11.8 Å². The molecule has 1 heterocycles. The number of thioether (sulfide) groups is 1. The predicted molar refractivity (Wildman–Crippen MR) is 108 cm³/mol. The summed E-state index contributed by atoms with van der Waals surface area (Å²) in [5, 5.41) is 20.6. The van der Waals surface area contributed by atoms with Crippen LogP contribution in [-0.4, -0.2) is 10.1 Å². The largest absolute Gasteiger partial charge is 0.398 e. The van der Waals surface area contributed by atoms with Gasteiger partial charge in [0, 0.05) is 28.5 Å². The van der Waals surface area contributed by atoms with E-state index in [-0.39, 0.29) is 0 Å². The minimum Gasteiger partial charge on any atom is -0.398 e. The molecule has 5 N–H and O–H groups in total. The van der Waals surface area contributed by atoms with E-state index in [1.807, 2.05) is 18.2 Å². The summed E-state index contributed by atoms with van der Waals surface area (Å²) in [4.78, 5) is 4.82. The molecule has 0 radical (unpaired) electrons. The van der Waals surface area contributed by atoms with Crippen molar-refractivity contribution in [2.75, 3.05) is 5.73 Å². The standard InChI is InChI=1S/C21H18N4OS/c22-12-17(21(24)27-19-9-2-1-8-18(19)23)14-5-3-6-15(11-14)20(26)16-7-4-10-25-13-16/h1-11,13,20,26H,23-24H2/b21-17+. The SMILES string of the molecule is N#C/C(=C(/N)Sc1ccccc1N)c1cccc(C(O)c2cccnc2)c1. The summed E-state index contributed by atoms with van der Waals surface area (Å²) in [6, 6.07) is 20.2. The van der Waals surface area contributed by atoms with E-state index < -0.39 is 6.10 Å². The molecule has 1 aromatic heterocycles. The Morgan fingerprint density at radius 3 is 2.56 bits per heavy atom. The maximum Gasteiger partial charge on any atom is 0.106 e. The van der Waals surface area contributed by atoms with E-state index in [1.165, 1.54) is 11.8 Å². The van der Waals surface area contributed by atoms with Gasteiger partial charge in [0.15, 0.2) is 0 Å². The number of nitriles is 1. The van der Waals surface area contributed by atoms with E-state index >= 15 is 0 Å². The van der Waals surface area contributed by atoms with Crippen LogP contribution < -0.4 is 11.5 Å². The van der Waals surface area contributed by atoms with Crippen LogP contribution in [0.4, 0.5) is 5.69 Å². The Bertz CT molecular complexity index is 1010. The molecule has 0 fully saturated rings. The highest BCUT2D eigenvalue weighted by molar-refractivity contribution is 8.03. The van der Waals surface area contributed by atoms with Crippen molar-refractivity contribution in [1.29, 1.82) is 5.26 Å². The number of hydrogen-bond acceptors (Lipinski definition) is 6. The number of pyridine rings is 1. The molecule has 0 aliphatic rings. The van der Waals surface area contributed by atoms with Crippen molar-refractivity contribution in [1.82, 2.24) is 4.98 Å². The maximum atomic E-state index is 10.6. The van der Waals surface area contributed by atoms with Crippen molar-refractivity contribution in [2.45, 2.75) is 11.0 Å². The highest BCUT2D eigenvalue weighted by Crippen LogP contribution is 2.33. The molecule has 134 valence electrons. The molecule has 0 saturated heterocycles. The normalized spacial score (nSPS) is 12.7. The summed E-state index contributed by atoms with van der Waals surface area (Å²) in [6.45, 7) is 0. The van der Waals surface area contributed by atoms with Crippen LogP contribution in [0.2, 0.25) is 0 Å². The monoisotopic (exact) mass is 374 g/mol. The molecule has 27 heavy (non-hydrogen) atoms.